The van der Waals surface area contributed by atoms with Crippen LogP contribution in [0.3, 0.4) is 0 Å². The summed E-state index contributed by atoms with van der Waals surface area (Å²) in [5, 5.41) is 13.2. The van der Waals surface area contributed by atoms with Gasteiger partial charge in [-0.1, -0.05) is 28.4 Å². The molecule has 314 valence electrons. The molecule has 5 rings (SSSR count). The molecule has 3 aromatic rings. The Morgan fingerprint density at radius 1 is 1.02 bits per heavy atom. The lowest BCUT2D eigenvalue weighted by Crippen LogP contribution is -2.53. The number of nitrogens with one attached hydrogen (secondary N) is 3. The van der Waals surface area contributed by atoms with Crippen molar-refractivity contribution in [2.24, 2.45) is 0 Å². The second kappa shape index (κ2) is 19.4. The Balaban J connectivity index is 1.06. The zero-order valence-electron chi connectivity index (χ0n) is 31.6. The average Bonchev–Trinajstić information content (AvgIpc) is 3.73. The molecule has 15 nitrogen and oxygen atoms in total. The zero-order chi connectivity index (χ0) is 41.4. The molecule has 0 bridgehead atoms. The molecule has 3 atom stereocenters. The number of piperidine rings is 1. The van der Waals surface area contributed by atoms with Crippen molar-refractivity contribution in [3.05, 3.63) is 69.5 Å². The van der Waals surface area contributed by atoms with Crippen LogP contribution in [-0.4, -0.2) is 110 Å². The number of alkyl halides is 3. The summed E-state index contributed by atoms with van der Waals surface area (Å²) in [6.45, 7) is 7.33. The highest BCUT2D eigenvalue weighted by molar-refractivity contribution is 7.89. The van der Waals surface area contributed by atoms with Crippen molar-refractivity contribution in [3.8, 4) is 5.75 Å². The summed E-state index contributed by atoms with van der Waals surface area (Å²) >= 11 is 13.1. The monoisotopic (exact) mass is 863 g/mol. The van der Waals surface area contributed by atoms with Gasteiger partial charge in [-0.2, -0.15) is 13.2 Å². The number of sulfonamides is 1. The first-order chi connectivity index (χ1) is 26.9. The summed E-state index contributed by atoms with van der Waals surface area (Å²) in [6.07, 6.45) is -2.26. The summed E-state index contributed by atoms with van der Waals surface area (Å²) < 4.78 is 89.7. The third-order valence-electron chi connectivity index (χ3n) is 8.95. The molecule has 0 radical (unpaired) electrons. The fourth-order valence-electron chi connectivity index (χ4n) is 6.43. The van der Waals surface area contributed by atoms with Crippen molar-refractivity contribution in [2.45, 2.75) is 88.0 Å². The predicted molar refractivity (Wildman–Crippen MR) is 202 cm³/mol. The van der Waals surface area contributed by atoms with Crippen LogP contribution in [0.25, 0.3) is 0 Å². The Bertz CT molecular complexity index is 1950. The first kappa shape index (κ1) is 44.4. The number of fused-ring (bicyclic) bond motifs is 1. The molecule has 2 amide bonds. The standard InChI is InChI=1S/C36H46Cl2F3N7O8S/c1-35(2,3)56-34(50)44-24-5-4-11-47(21-24)31-19-28-29(17-23(37)18-30(28)38)32(31)55-26-6-8-27(9-7-26)57(51,52)43-10-13-53-15-16-54-14-12-48-22-25(45-46-48)20-42-33(49)36(39,40)41/h6-9,17-18,22,24,31-32,43H,4-5,10-16,19-21H2,1-3H3,(H,42,49)(H,44,50)/t24-,31+,32+/m1/s1. The molecule has 0 spiro atoms. The Labute approximate surface area is 338 Å². The normalized spacial score (nSPS) is 18.9. The fraction of sp³-hybridized carbons (Fsp3) is 0.556. The fourth-order valence-corrected chi connectivity index (χ4v) is 8.03. The highest BCUT2D eigenvalue weighted by Gasteiger charge is 2.42. The van der Waals surface area contributed by atoms with Crippen LogP contribution >= 0.6 is 23.2 Å². The second-order valence-corrected chi connectivity index (χ2v) is 17.1. The van der Waals surface area contributed by atoms with Gasteiger partial charge in [0, 0.05) is 34.7 Å². The SMILES string of the molecule is CC(C)(C)OC(=O)N[C@@H]1CCCN([C@H]2Cc3c(Cl)cc(Cl)cc3[C@@H]2Oc2ccc(S(=O)(=O)NCCOCCOCCn3cc(CNC(=O)C(F)(F)F)nn3)cc2)C1. The van der Waals surface area contributed by atoms with Crippen molar-refractivity contribution in [3.63, 3.8) is 0 Å². The Hall–Kier alpha value is -3.72. The van der Waals surface area contributed by atoms with Gasteiger partial charge in [0.05, 0.1) is 56.7 Å². The summed E-state index contributed by atoms with van der Waals surface area (Å²) in [5.74, 6) is -1.61. The van der Waals surface area contributed by atoms with Crippen molar-refractivity contribution in [1.29, 1.82) is 0 Å². The van der Waals surface area contributed by atoms with E-state index in [1.807, 2.05) is 26.8 Å². The van der Waals surface area contributed by atoms with E-state index in [-0.39, 0.29) is 62.2 Å². The number of carbonyl (C=O) groups excluding carboxylic acids is 2. The number of nitrogens with zero attached hydrogens (tertiary/aromatic N) is 4. The number of halogens is 5. The summed E-state index contributed by atoms with van der Waals surface area (Å²) in [7, 11) is -3.87. The van der Waals surface area contributed by atoms with Gasteiger partial charge in [-0.3, -0.25) is 9.69 Å². The number of hydrogen-bond donors (Lipinski definition) is 3. The summed E-state index contributed by atoms with van der Waals surface area (Å²) in [5.41, 5.74) is 1.32. The maximum Gasteiger partial charge on any atom is 0.471 e. The number of ether oxygens (including phenoxy) is 4. The second-order valence-electron chi connectivity index (χ2n) is 14.5. The van der Waals surface area contributed by atoms with Crippen LogP contribution < -0.4 is 20.1 Å². The first-order valence-electron chi connectivity index (χ1n) is 18.3. The van der Waals surface area contributed by atoms with Gasteiger partial charge in [0.15, 0.2) is 0 Å². The molecule has 57 heavy (non-hydrogen) atoms. The lowest BCUT2D eigenvalue weighted by Gasteiger charge is -2.39. The van der Waals surface area contributed by atoms with Gasteiger partial charge in [0.2, 0.25) is 10.0 Å². The number of hydrogen-bond acceptors (Lipinski definition) is 11. The molecular formula is C36H46Cl2F3N7O8S. The Morgan fingerprint density at radius 3 is 2.44 bits per heavy atom. The van der Waals surface area contributed by atoms with Crippen LogP contribution in [0.4, 0.5) is 18.0 Å². The van der Waals surface area contributed by atoms with Crippen LogP contribution in [-0.2, 0) is 48.5 Å². The minimum absolute atomic E-state index is 0.00880. The number of rotatable bonds is 17. The minimum Gasteiger partial charge on any atom is -0.484 e. The van der Waals surface area contributed by atoms with E-state index in [4.69, 9.17) is 42.1 Å². The van der Waals surface area contributed by atoms with E-state index >= 15 is 0 Å². The van der Waals surface area contributed by atoms with Gasteiger partial charge in [-0.05, 0) is 88.5 Å². The molecule has 3 N–H and O–H groups in total. The Kier molecular flexibility index (Phi) is 15.1. The van der Waals surface area contributed by atoms with Gasteiger partial charge in [-0.15, -0.1) is 5.10 Å². The molecule has 1 saturated heterocycles. The topological polar surface area (TPSA) is 175 Å². The molecule has 2 heterocycles. The molecule has 0 unspecified atom stereocenters. The maximum atomic E-state index is 13.0. The molecule has 21 heteroatoms. The van der Waals surface area contributed by atoms with Crippen molar-refractivity contribution in [2.75, 3.05) is 46.1 Å². The van der Waals surface area contributed by atoms with Gasteiger partial charge < -0.3 is 29.6 Å². The number of likely N-dealkylation sites (tertiary alicyclic amines) is 1. The van der Waals surface area contributed by atoms with Crippen molar-refractivity contribution in [1.82, 2.24) is 35.2 Å². The quantitative estimate of drug-likeness (QED) is 0.159. The highest BCUT2D eigenvalue weighted by Crippen LogP contribution is 2.43. The van der Waals surface area contributed by atoms with Crippen LogP contribution in [0.1, 0.15) is 56.5 Å². The maximum absolute atomic E-state index is 13.0. The van der Waals surface area contributed by atoms with Crippen molar-refractivity contribution >= 4 is 45.2 Å². The van der Waals surface area contributed by atoms with Crippen LogP contribution in [0.15, 0.2) is 47.5 Å². The van der Waals surface area contributed by atoms with Gasteiger partial charge in [-0.25, -0.2) is 22.6 Å². The molecular weight excluding hydrogens is 818 g/mol. The third kappa shape index (κ3) is 13.1. The van der Waals surface area contributed by atoms with E-state index in [2.05, 4.69) is 25.3 Å². The van der Waals surface area contributed by atoms with Crippen molar-refractivity contribution < 1.29 is 50.1 Å². The van der Waals surface area contributed by atoms with Gasteiger partial charge in [0.1, 0.15) is 23.1 Å². The molecule has 0 saturated carbocycles. The number of benzene rings is 2. The van der Waals surface area contributed by atoms with E-state index in [0.717, 1.165) is 30.5 Å². The van der Waals surface area contributed by atoms with E-state index < -0.39 is 46.4 Å². The summed E-state index contributed by atoms with van der Waals surface area (Å²) in [6, 6.07) is 9.41. The van der Waals surface area contributed by atoms with Gasteiger partial charge >= 0.3 is 18.2 Å². The molecule has 2 aromatic carbocycles. The Morgan fingerprint density at radius 2 is 1.74 bits per heavy atom. The molecule has 1 aliphatic carbocycles. The number of aromatic nitrogens is 3. The number of alkyl carbamates (subject to hydrolysis) is 1. The zero-order valence-corrected chi connectivity index (χ0v) is 33.9. The molecule has 2 aliphatic rings. The van der Waals surface area contributed by atoms with E-state index in [0.29, 0.717) is 28.8 Å². The average molecular weight is 865 g/mol. The minimum atomic E-state index is -4.98. The van der Waals surface area contributed by atoms with Gasteiger partial charge in [0.25, 0.3) is 0 Å². The highest BCUT2D eigenvalue weighted by atomic mass is 35.5. The molecule has 1 fully saturated rings. The smallest absolute Gasteiger partial charge is 0.471 e. The molecule has 1 aliphatic heterocycles. The van der Waals surface area contributed by atoms with Crippen LogP contribution in [0, 0.1) is 0 Å². The largest absolute Gasteiger partial charge is 0.484 e. The van der Waals surface area contributed by atoms with Crippen LogP contribution in [0.2, 0.25) is 10.0 Å². The van der Waals surface area contributed by atoms with E-state index in [1.165, 1.54) is 23.0 Å². The number of carbonyl (C=O) groups is 2. The van der Waals surface area contributed by atoms with E-state index in [9.17, 15) is 31.2 Å². The lowest BCUT2D eigenvalue weighted by atomic mass is 10.0. The van der Waals surface area contributed by atoms with E-state index in [1.54, 1.807) is 23.5 Å². The lowest BCUT2D eigenvalue weighted by molar-refractivity contribution is -0.173. The third-order valence-corrected chi connectivity index (χ3v) is 11.0. The summed E-state index contributed by atoms with van der Waals surface area (Å²) in [4.78, 5) is 25.8. The first-order valence-corrected chi connectivity index (χ1v) is 20.5. The number of amides is 2. The van der Waals surface area contributed by atoms with Crippen LogP contribution in [0.5, 0.6) is 5.75 Å². The predicted octanol–water partition coefficient (Wildman–Crippen LogP) is 4.81. The molecule has 1 aromatic heterocycles.